The van der Waals surface area contributed by atoms with Gasteiger partial charge < -0.3 is 25.7 Å². The molecule has 39 heavy (non-hydrogen) atoms. The summed E-state index contributed by atoms with van der Waals surface area (Å²) in [4.78, 5) is 13.0. The van der Waals surface area contributed by atoms with Gasteiger partial charge in [0.05, 0.1) is 12.3 Å². The number of aliphatic imine (C=N–C) groups is 3. The monoisotopic (exact) mass is 561 g/mol. The number of nitrogens with zero attached hydrogens (tertiary/aromatic N) is 3. The molecule has 0 fully saturated rings. The predicted molar refractivity (Wildman–Crippen MR) is 169 cm³/mol. The summed E-state index contributed by atoms with van der Waals surface area (Å²) in [5.41, 5.74) is 8.01. The first kappa shape index (κ1) is 34.6. The van der Waals surface area contributed by atoms with E-state index in [2.05, 4.69) is 68.5 Å². The molecule has 0 aliphatic carbocycles. The Labute approximate surface area is 239 Å². The van der Waals surface area contributed by atoms with E-state index in [0.717, 1.165) is 70.3 Å². The van der Waals surface area contributed by atoms with E-state index >= 15 is 0 Å². The third-order valence-electron chi connectivity index (χ3n) is 5.62. The second-order valence-electron chi connectivity index (χ2n) is 9.32. The lowest BCUT2D eigenvalue weighted by Crippen LogP contribution is -2.27. The standard InChI is InChI=1S/C29H51N7O2S/c1-5-7-8-13-25(15-11-16-35-39(4)37)14-9-10-19-38-29-20-27(36-28(30)24-34-29)23-33-18-17-32-22-26(12-6-2)21-31-3/h8-9,13-14,20-22,25,32-33,35H,5-7,10-12,15-19,23-24H2,1-4H3,(H2,30,36)/b13-8?,14-9-,26-22?,31-21?. The van der Waals surface area contributed by atoms with Crippen LogP contribution in [-0.4, -0.2) is 75.1 Å². The lowest BCUT2D eigenvalue weighted by molar-refractivity contribution is 0.313. The molecule has 0 saturated heterocycles. The molecule has 0 aromatic carbocycles. The maximum atomic E-state index is 11.2. The minimum atomic E-state index is -0.958. The molecule has 0 spiro atoms. The van der Waals surface area contributed by atoms with Crippen LogP contribution in [-0.2, 0) is 16.1 Å². The van der Waals surface area contributed by atoms with E-state index in [-0.39, 0.29) is 0 Å². The average molecular weight is 562 g/mol. The van der Waals surface area contributed by atoms with Gasteiger partial charge in [0.25, 0.3) is 0 Å². The second kappa shape index (κ2) is 23.5. The normalized spacial score (nSPS) is 16.3. The van der Waals surface area contributed by atoms with E-state index in [4.69, 9.17) is 10.5 Å². The third-order valence-corrected chi connectivity index (χ3v) is 6.23. The average Bonchev–Trinajstić information content (AvgIpc) is 3.08. The molecule has 0 radical (unpaired) electrons. The van der Waals surface area contributed by atoms with E-state index in [1.54, 1.807) is 13.3 Å². The molecular weight excluding hydrogens is 510 g/mol. The van der Waals surface area contributed by atoms with Crippen LogP contribution in [0.4, 0.5) is 0 Å². The van der Waals surface area contributed by atoms with Gasteiger partial charge in [-0.2, -0.15) is 0 Å². The second-order valence-corrected chi connectivity index (χ2v) is 10.5. The van der Waals surface area contributed by atoms with Crippen LogP contribution in [0, 0.1) is 5.92 Å². The largest absolute Gasteiger partial charge is 0.598 e. The van der Waals surface area contributed by atoms with E-state index in [1.165, 1.54) is 5.57 Å². The van der Waals surface area contributed by atoms with Crippen LogP contribution in [0.5, 0.6) is 0 Å². The lowest BCUT2D eigenvalue weighted by atomic mass is 10.0. The summed E-state index contributed by atoms with van der Waals surface area (Å²) in [6, 6.07) is 0. The minimum Gasteiger partial charge on any atom is -0.598 e. The molecule has 1 heterocycles. The fourth-order valence-electron chi connectivity index (χ4n) is 3.74. The van der Waals surface area contributed by atoms with Crippen molar-refractivity contribution >= 4 is 29.3 Å². The molecule has 1 aliphatic rings. The first-order valence-corrected chi connectivity index (χ1v) is 15.7. The number of unbranched alkanes of at least 4 members (excludes halogenated alkanes) is 1. The maximum absolute atomic E-state index is 11.2. The van der Waals surface area contributed by atoms with Crippen LogP contribution in [0.2, 0.25) is 0 Å². The summed E-state index contributed by atoms with van der Waals surface area (Å²) >= 11 is -0.958. The Kier molecular flexibility index (Phi) is 20.9. The van der Waals surface area contributed by atoms with Gasteiger partial charge in [-0.25, -0.2) is 9.98 Å². The highest BCUT2D eigenvalue weighted by Crippen LogP contribution is 2.12. The summed E-state index contributed by atoms with van der Waals surface area (Å²) < 4.78 is 20.1. The summed E-state index contributed by atoms with van der Waals surface area (Å²) in [6.07, 6.45) is 23.5. The topological polar surface area (TPSA) is 131 Å². The predicted octanol–water partition coefficient (Wildman–Crippen LogP) is 3.80. The van der Waals surface area contributed by atoms with Gasteiger partial charge in [0.2, 0.25) is 5.90 Å². The van der Waals surface area contributed by atoms with E-state index < -0.39 is 11.4 Å². The van der Waals surface area contributed by atoms with Crippen molar-refractivity contribution in [1.29, 1.82) is 0 Å². The van der Waals surface area contributed by atoms with Gasteiger partial charge in [0, 0.05) is 63.1 Å². The van der Waals surface area contributed by atoms with E-state index in [9.17, 15) is 4.55 Å². The van der Waals surface area contributed by atoms with Crippen molar-refractivity contribution in [1.82, 2.24) is 15.4 Å². The van der Waals surface area contributed by atoms with Gasteiger partial charge in [-0.05, 0) is 43.6 Å². The number of nitrogens with two attached hydrogens (primary N) is 1. The summed E-state index contributed by atoms with van der Waals surface area (Å²) in [5.74, 6) is 1.41. The minimum absolute atomic E-state index is 0.331. The molecule has 1 rings (SSSR count). The smallest absolute Gasteiger partial charge is 0.210 e. The Morgan fingerprint density at radius 2 is 2.00 bits per heavy atom. The fourth-order valence-corrected chi connectivity index (χ4v) is 4.17. The van der Waals surface area contributed by atoms with Crippen LogP contribution in [0.15, 0.2) is 62.8 Å². The zero-order valence-electron chi connectivity index (χ0n) is 24.5. The Morgan fingerprint density at radius 1 is 1.21 bits per heavy atom. The van der Waals surface area contributed by atoms with E-state index in [1.807, 2.05) is 18.5 Å². The first-order valence-electron chi connectivity index (χ1n) is 14.1. The highest BCUT2D eigenvalue weighted by molar-refractivity contribution is 7.88. The zero-order valence-corrected chi connectivity index (χ0v) is 25.3. The van der Waals surface area contributed by atoms with Crippen molar-refractivity contribution in [2.45, 2.75) is 58.8 Å². The SMILES string of the molecule is CCCC=CC(/C=C\CCOC1=NCC(N)=NC(CNCCNC=C(C=NC)CCC)=C1)CCCN[S+](C)[O-]. The van der Waals surface area contributed by atoms with Crippen molar-refractivity contribution in [2.75, 3.05) is 52.6 Å². The van der Waals surface area contributed by atoms with Crippen LogP contribution in [0.25, 0.3) is 0 Å². The first-order chi connectivity index (χ1) is 19.0. The molecule has 0 aromatic heterocycles. The van der Waals surface area contributed by atoms with Gasteiger partial charge in [0.15, 0.2) is 0 Å². The summed E-state index contributed by atoms with van der Waals surface area (Å²) in [5, 5.41) is 6.73. The molecule has 0 bridgehead atoms. The number of rotatable bonds is 21. The Hall–Kier alpha value is -2.40. The van der Waals surface area contributed by atoms with Crippen LogP contribution in [0.3, 0.4) is 0 Å². The lowest BCUT2D eigenvalue weighted by Gasteiger charge is -2.10. The van der Waals surface area contributed by atoms with Gasteiger partial charge in [-0.3, -0.25) is 4.99 Å². The third kappa shape index (κ3) is 19.3. The van der Waals surface area contributed by atoms with Crippen molar-refractivity contribution in [3.8, 4) is 0 Å². The number of nitrogens with one attached hydrogen (secondary N) is 3. The Morgan fingerprint density at radius 3 is 2.72 bits per heavy atom. The molecule has 0 amide bonds. The number of hydrogen-bond donors (Lipinski definition) is 4. The molecule has 2 unspecified atom stereocenters. The maximum Gasteiger partial charge on any atom is 0.210 e. The molecule has 0 saturated carbocycles. The van der Waals surface area contributed by atoms with Crippen LogP contribution in [0.1, 0.15) is 58.8 Å². The molecule has 2 atom stereocenters. The molecular formula is C29H51N7O2S. The number of allylic oxidation sites excluding steroid dienone is 4. The highest BCUT2D eigenvalue weighted by atomic mass is 32.2. The van der Waals surface area contributed by atoms with Crippen LogP contribution < -0.4 is 21.1 Å². The summed E-state index contributed by atoms with van der Waals surface area (Å²) in [7, 11) is 1.79. The zero-order chi connectivity index (χ0) is 28.6. The number of hydrogen-bond acceptors (Lipinski definition) is 9. The molecule has 0 aromatic rings. The Bertz CT molecular complexity index is 864. The van der Waals surface area contributed by atoms with Gasteiger partial charge in [-0.1, -0.05) is 51.0 Å². The summed E-state index contributed by atoms with van der Waals surface area (Å²) in [6.45, 7) is 8.12. The molecule has 5 N–H and O–H groups in total. The van der Waals surface area contributed by atoms with Crippen molar-refractivity contribution in [3.05, 3.63) is 47.9 Å². The van der Waals surface area contributed by atoms with E-state index in [0.29, 0.717) is 37.3 Å². The number of ether oxygens (including phenoxy) is 1. The Balaban J connectivity index is 2.47. The van der Waals surface area contributed by atoms with Gasteiger partial charge in [0.1, 0.15) is 18.6 Å². The van der Waals surface area contributed by atoms with Gasteiger partial charge in [-0.15, -0.1) is 4.72 Å². The van der Waals surface area contributed by atoms with Gasteiger partial charge >= 0.3 is 0 Å². The molecule has 1 aliphatic heterocycles. The fraction of sp³-hybridized carbons (Fsp3) is 0.621. The highest BCUT2D eigenvalue weighted by Gasteiger charge is 2.07. The molecule has 220 valence electrons. The number of amidine groups is 1. The molecule has 10 heteroatoms. The van der Waals surface area contributed by atoms with Crippen LogP contribution >= 0.6 is 0 Å². The quantitative estimate of drug-likeness (QED) is 0.0730. The van der Waals surface area contributed by atoms with Crippen molar-refractivity contribution in [2.24, 2.45) is 26.6 Å². The molecule has 9 nitrogen and oxygen atoms in total. The van der Waals surface area contributed by atoms with Crippen molar-refractivity contribution < 1.29 is 9.29 Å². The van der Waals surface area contributed by atoms with Crippen molar-refractivity contribution in [3.63, 3.8) is 0 Å².